The molecule has 2 heterocycles. The normalized spacial score (nSPS) is 10.3. The largest absolute Gasteiger partial charge is 0.362 e. The summed E-state index contributed by atoms with van der Waals surface area (Å²) in [5, 5.41) is 17.2. The molecular weight excluding hydrogens is 306 g/mol. The summed E-state index contributed by atoms with van der Waals surface area (Å²) in [5.74, 6) is 1.44. The van der Waals surface area contributed by atoms with Crippen molar-refractivity contribution in [3.05, 3.63) is 38.6 Å². The first-order valence-corrected chi connectivity index (χ1v) is 5.68. The molecule has 8 nitrogen and oxygen atoms in total. The summed E-state index contributed by atoms with van der Waals surface area (Å²) in [6.45, 7) is 2.01. The number of hydrogen-bond donors (Lipinski definition) is 1. The Kier molecular flexibility index (Phi) is 3.51. The molecule has 0 fully saturated rings. The summed E-state index contributed by atoms with van der Waals surface area (Å²) in [7, 11) is 0. The van der Waals surface area contributed by atoms with Crippen molar-refractivity contribution < 1.29 is 9.45 Å². The number of halogens is 1. The Morgan fingerprint density at radius 2 is 2.39 bits per heavy atom. The number of nitrogens with zero attached hydrogens (tertiary/aromatic N) is 4. The summed E-state index contributed by atoms with van der Waals surface area (Å²) in [4.78, 5) is 18.0. The van der Waals surface area contributed by atoms with Crippen LogP contribution in [0.1, 0.15) is 11.7 Å². The van der Waals surface area contributed by atoms with Gasteiger partial charge in [0.1, 0.15) is 12.0 Å². The summed E-state index contributed by atoms with van der Waals surface area (Å²) in [6, 6.07) is 1.37. The smallest absolute Gasteiger partial charge is 0.288 e. The molecule has 1 N–H and O–H groups in total. The molecule has 0 radical (unpaired) electrons. The van der Waals surface area contributed by atoms with Crippen LogP contribution in [0.5, 0.6) is 0 Å². The van der Waals surface area contributed by atoms with Crippen molar-refractivity contribution in [1.29, 1.82) is 0 Å². The summed E-state index contributed by atoms with van der Waals surface area (Å²) in [5.41, 5.74) is -0.0807. The number of anilines is 1. The SMILES string of the molecule is Cc1nc(CNc2ncc([N+](=O)[O-])cc2Br)no1. The second-order valence-electron chi connectivity index (χ2n) is 3.36. The maximum Gasteiger partial charge on any atom is 0.288 e. The number of hydrogen-bond acceptors (Lipinski definition) is 7. The first kappa shape index (κ1) is 12.4. The van der Waals surface area contributed by atoms with Gasteiger partial charge < -0.3 is 9.84 Å². The Morgan fingerprint density at radius 3 is 2.94 bits per heavy atom. The van der Waals surface area contributed by atoms with Gasteiger partial charge in [-0.15, -0.1) is 0 Å². The lowest BCUT2D eigenvalue weighted by Gasteiger charge is -2.04. The minimum atomic E-state index is -0.510. The average molecular weight is 314 g/mol. The van der Waals surface area contributed by atoms with Crippen LogP contribution in [0.2, 0.25) is 0 Å². The molecule has 0 spiro atoms. The predicted molar refractivity (Wildman–Crippen MR) is 65.0 cm³/mol. The Hall–Kier alpha value is -2.03. The highest BCUT2D eigenvalue weighted by Gasteiger charge is 2.11. The molecule has 0 atom stereocenters. The minimum Gasteiger partial charge on any atom is -0.362 e. The van der Waals surface area contributed by atoms with Crippen molar-refractivity contribution in [3.63, 3.8) is 0 Å². The standard InChI is InChI=1S/C9H8BrN5O3/c1-5-13-8(14-18-5)4-12-9-7(10)2-6(3-11-9)15(16)17/h2-3H,4H2,1H3,(H,11,12). The third kappa shape index (κ3) is 2.80. The number of aryl methyl sites for hydroxylation is 1. The molecule has 0 aliphatic carbocycles. The van der Waals surface area contributed by atoms with E-state index in [9.17, 15) is 10.1 Å². The molecule has 0 unspecified atom stereocenters. The van der Waals surface area contributed by atoms with E-state index in [-0.39, 0.29) is 5.69 Å². The topological polar surface area (TPSA) is 107 Å². The van der Waals surface area contributed by atoms with E-state index in [1.807, 2.05) is 0 Å². The second kappa shape index (κ2) is 5.08. The molecule has 0 bridgehead atoms. The van der Waals surface area contributed by atoms with E-state index >= 15 is 0 Å². The van der Waals surface area contributed by atoms with Crippen molar-refractivity contribution in [2.45, 2.75) is 13.5 Å². The van der Waals surface area contributed by atoms with Crippen LogP contribution in [-0.2, 0) is 6.54 Å². The molecule has 0 amide bonds. The number of aromatic nitrogens is 3. The second-order valence-corrected chi connectivity index (χ2v) is 4.22. The quantitative estimate of drug-likeness (QED) is 0.679. The van der Waals surface area contributed by atoms with Gasteiger partial charge in [0, 0.05) is 13.0 Å². The number of pyridine rings is 1. The average Bonchev–Trinajstić information content (AvgIpc) is 2.73. The van der Waals surface area contributed by atoms with Gasteiger partial charge in [0.2, 0.25) is 5.89 Å². The van der Waals surface area contributed by atoms with Gasteiger partial charge in [-0.3, -0.25) is 10.1 Å². The lowest BCUT2D eigenvalue weighted by atomic mass is 10.4. The van der Waals surface area contributed by atoms with Gasteiger partial charge in [0.15, 0.2) is 5.82 Å². The minimum absolute atomic E-state index is 0.0807. The molecule has 0 saturated heterocycles. The van der Waals surface area contributed by atoms with E-state index in [4.69, 9.17) is 4.52 Å². The summed E-state index contributed by atoms with van der Waals surface area (Å²) >= 11 is 3.20. The molecule has 2 aromatic heterocycles. The lowest BCUT2D eigenvalue weighted by Crippen LogP contribution is -2.04. The molecule has 0 saturated carbocycles. The van der Waals surface area contributed by atoms with Crippen LogP contribution in [0.25, 0.3) is 0 Å². The molecule has 0 aromatic carbocycles. The van der Waals surface area contributed by atoms with Crippen molar-refractivity contribution >= 4 is 27.4 Å². The van der Waals surface area contributed by atoms with Crippen molar-refractivity contribution in [2.24, 2.45) is 0 Å². The molecule has 2 rings (SSSR count). The van der Waals surface area contributed by atoms with Crippen LogP contribution in [0.4, 0.5) is 11.5 Å². The van der Waals surface area contributed by atoms with Gasteiger partial charge in [0.25, 0.3) is 5.69 Å². The lowest BCUT2D eigenvalue weighted by molar-refractivity contribution is -0.385. The Labute approximate surface area is 110 Å². The zero-order valence-electron chi connectivity index (χ0n) is 9.25. The molecular formula is C9H8BrN5O3. The number of rotatable bonds is 4. The van der Waals surface area contributed by atoms with E-state index in [1.54, 1.807) is 6.92 Å². The summed E-state index contributed by atoms with van der Waals surface area (Å²) in [6.07, 6.45) is 1.18. The highest BCUT2D eigenvalue weighted by atomic mass is 79.9. The fourth-order valence-corrected chi connectivity index (χ4v) is 1.71. The molecule has 9 heteroatoms. The molecule has 0 aliphatic heterocycles. The van der Waals surface area contributed by atoms with Crippen LogP contribution in [0, 0.1) is 17.0 Å². The van der Waals surface area contributed by atoms with Crippen molar-refractivity contribution in [3.8, 4) is 0 Å². The molecule has 18 heavy (non-hydrogen) atoms. The highest BCUT2D eigenvalue weighted by Crippen LogP contribution is 2.24. The van der Waals surface area contributed by atoms with E-state index in [1.165, 1.54) is 12.3 Å². The fraction of sp³-hybridized carbons (Fsp3) is 0.222. The zero-order valence-corrected chi connectivity index (χ0v) is 10.8. The predicted octanol–water partition coefficient (Wildman–Crippen LogP) is 2.06. The monoisotopic (exact) mass is 313 g/mol. The van der Waals surface area contributed by atoms with Gasteiger partial charge in [-0.1, -0.05) is 5.16 Å². The maximum absolute atomic E-state index is 10.5. The van der Waals surface area contributed by atoms with E-state index in [2.05, 4.69) is 36.4 Å². The third-order valence-corrected chi connectivity index (χ3v) is 2.63. The summed E-state index contributed by atoms with van der Waals surface area (Å²) < 4.78 is 5.31. The Bertz CT molecular complexity index is 585. The van der Waals surface area contributed by atoms with Crippen LogP contribution < -0.4 is 5.32 Å². The first-order chi connectivity index (χ1) is 8.56. The zero-order chi connectivity index (χ0) is 13.1. The van der Waals surface area contributed by atoms with Crippen LogP contribution in [0.15, 0.2) is 21.3 Å². The van der Waals surface area contributed by atoms with Gasteiger partial charge in [-0.05, 0) is 15.9 Å². The maximum atomic E-state index is 10.5. The van der Waals surface area contributed by atoms with Crippen LogP contribution in [0.3, 0.4) is 0 Å². The van der Waals surface area contributed by atoms with Crippen molar-refractivity contribution in [1.82, 2.24) is 15.1 Å². The molecule has 0 aliphatic rings. The number of nitro groups is 1. The third-order valence-electron chi connectivity index (χ3n) is 2.02. The Balaban J connectivity index is 2.08. The van der Waals surface area contributed by atoms with Gasteiger partial charge in [0.05, 0.1) is 15.9 Å². The highest BCUT2D eigenvalue weighted by molar-refractivity contribution is 9.10. The fourth-order valence-electron chi connectivity index (χ4n) is 1.23. The van der Waals surface area contributed by atoms with Crippen LogP contribution >= 0.6 is 15.9 Å². The van der Waals surface area contributed by atoms with Gasteiger partial charge in [-0.2, -0.15) is 4.98 Å². The van der Waals surface area contributed by atoms with Crippen molar-refractivity contribution in [2.75, 3.05) is 5.32 Å². The van der Waals surface area contributed by atoms with E-state index in [0.717, 1.165) is 0 Å². The number of nitrogens with one attached hydrogen (secondary N) is 1. The van der Waals surface area contributed by atoms with E-state index in [0.29, 0.717) is 28.6 Å². The molecule has 2 aromatic rings. The first-order valence-electron chi connectivity index (χ1n) is 4.89. The van der Waals surface area contributed by atoms with Crippen LogP contribution in [-0.4, -0.2) is 20.0 Å². The van der Waals surface area contributed by atoms with Gasteiger partial charge in [-0.25, -0.2) is 4.98 Å². The molecule has 94 valence electrons. The van der Waals surface area contributed by atoms with Gasteiger partial charge >= 0.3 is 0 Å². The van der Waals surface area contributed by atoms with E-state index < -0.39 is 4.92 Å². The Morgan fingerprint density at radius 1 is 1.61 bits per heavy atom.